The Morgan fingerprint density at radius 3 is 2.47 bits per heavy atom. The maximum atomic E-state index is 12.2. The Balaban J connectivity index is 3.13. The first-order valence-electron chi connectivity index (χ1n) is 5.56. The Labute approximate surface area is 112 Å². The number of ether oxygens (including phenoxy) is 2. The Kier molecular flexibility index (Phi) is 4.90. The van der Waals surface area contributed by atoms with E-state index < -0.39 is 22.0 Å². The van der Waals surface area contributed by atoms with Crippen molar-refractivity contribution in [3.05, 3.63) is 23.8 Å². The highest BCUT2D eigenvalue weighted by atomic mass is 32.2. The smallest absolute Gasteiger partial charge is 0.323 e. The Morgan fingerprint density at radius 1 is 1.32 bits per heavy atom. The molecule has 1 unspecified atom stereocenters. The molecule has 19 heavy (non-hydrogen) atoms. The van der Waals surface area contributed by atoms with Crippen LogP contribution in [0.1, 0.15) is 12.5 Å². The molecule has 0 saturated heterocycles. The van der Waals surface area contributed by atoms with E-state index in [1.807, 2.05) is 0 Å². The molecule has 0 bridgehead atoms. The molecule has 0 aromatic heterocycles. The molecule has 7 heteroatoms. The van der Waals surface area contributed by atoms with Crippen molar-refractivity contribution < 1.29 is 22.7 Å². The zero-order valence-corrected chi connectivity index (χ0v) is 12.1. The summed E-state index contributed by atoms with van der Waals surface area (Å²) in [6, 6.07) is 3.81. The minimum Gasteiger partial charge on any atom is -0.495 e. The lowest BCUT2D eigenvalue weighted by molar-refractivity contribution is -0.142. The molecule has 1 atom stereocenters. The fourth-order valence-electron chi connectivity index (χ4n) is 1.52. The number of aryl methyl sites for hydroxylation is 1. The summed E-state index contributed by atoms with van der Waals surface area (Å²) in [5.41, 5.74) is 0.770. The van der Waals surface area contributed by atoms with Crippen molar-refractivity contribution in [2.75, 3.05) is 14.2 Å². The molecular formula is C12H17NO5S. The largest absolute Gasteiger partial charge is 0.495 e. The van der Waals surface area contributed by atoms with E-state index in [4.69, 9.17) is 4.74 Å². The summed E-state index contributed by atoms with van der Waals surface area (Å²) in [5.74, 6) is -0.439. The van der Waals surface area contributed by atoms with Crippen molar-refractivity contribution in [1.82, 2.24) is 4.72 Å². The number of rotatable bonds is 5. The molecular weight excluding hydrogens is 270 g/mol. The lowest BCUT2D eigenvalue weighted by Crippen LogP contribution is -2.39. The molecule has 0 amide bonds. The molecule has 0 radical (unpaired) electrons. The highest BCUT2D eigenvalue weighted by Crippen LogP contribution is 2.24. The van der Waals surface area contributed by atoms with E-state index in [9.17, 15) is 13.2 Å². The van der Waals surface area contributed by atoms with Crippen molar-refractivity contribution in [2.24, 2.45) is 0 Å². The number of hydrogen-bond acceptors (Lipinski definition) is 5. The van der Waals surface area contributed by atoms with Crippen LogP contribution in [0.2, 0.25) is 0 Å². The molecule has 0 aliphatic rings. The summed E-state index contributed by atoms with van der Waals surface area (Å²) in [6.45, 7) is 3.17. The monoisotopic (exact) mass is 287 g/mol. The van der Waals surface area contributed by atoms with Crippen LogP contribution in [-0.4, -0.2) is 34.6 Å². The van der Waals surface area contributed by atoms with Crippen LogP contribution in [0, 0.1) is 6.92 Å². The van der Waals surface area contributed by atoms with Gasteiger partial charge < -0.3 is 9.47 Å². The third-order valence-corrected chi connectivity index (χ3v) is 4.06. The van der Waals surface area contributed by atoms with Gasteiger partial charge in [0.15, 0.2) is 0 Å². The number of esters is 1. The van der Waals surface area contributed by atoms with Crippen LogP contribution in [0.4, 0.5) is 0 Å². The van der Waals surface area contributed by atoms with Crippen LogP contribution < -0.4 is 9.46 Å². The summed E-state index contributed by atoms with van der Waals surface area (Å²) in [5, 5.41) is 0. The predicted molar refractivity (Wildman–Crippen MR) is 69.5 cm³/mol. The van der Waals surface area contributed by atoms with Gasteiger partial charge in [-0.3, -0.25) is 4.79 Å². The second-order valence-electron chi connectivity index (χ2n) is 4.02. The number of nitrogens with one attached hydrogen (secondary N) is 1. The second kappa shape index (κ2) is 6.03. The topological polar surface area (TPSA) is 81.7 Å². The fraction of sp³-hybridized carbons (Fsp3) is 0.417. The van der Waals surface area contributed by atoms with Gasteiger partial charge in [0.2, 0.25) is 10.0 Å². The first-order chi connectivity index (χ1) is 8.81. The normalized spacial score (nSPS) is 12.8. The number of sulfonamides is 1. The molecule has 0 spiro atoms. The highest BCUT2D eigenvalue weighted by Gasteiger charge is 2.25. The van der Waals surface area contributed by atoms with Crippen LogP contribution in [-0.2, 0) is 19.6 Å². The molecule has 1 aromatic rings. The molecule has 6 nitrogen and oxygen atoms in total. The second-order valence-corrected chi connectivity index (χ2v) is 5.70. The van der Waals surface area contributed by atoms with Crippen molar-refractivity contribution >= 4 is 16.0 Å². The number of carbonyl (C=O) groups excluding carboxylic acids is 1. The minimum atomic E-state index is -3.86. The van der Waals surface area contributed by atoms with E-state index in [0.717, 1.165) is 5.56 Å². The Morgan fingerprint density at radius 2 is 1.95 bits per heavy atom. The van der Waals surface area contributed by atoms with Crippen LogP contribution in [0.25, 0.3) is 0 Å². The molecule has 0 aliphatic heterocycles. The van der Waals surface area contributed by atoms with Crippen LogP contribution in [0.15, 0.2) is 23.1 Å². The lowest BCUT2D eigenvalue weighted by atomic mass is 10.2. The van der Waals surface area contributed by atoms with Gasteiger partial charge in [-0.1, -0.05) is 6.07 Å². The zero-order valence-electron chi connectivity index (χ0n) is 11.3. The summed E-state index contributed by atoms with van der Waals surface area (Å²) < 4.78 is 36.1. The average molecular weight is 287 g/mol. The predicted octanol–water partition coefficient (Wildman–Crippen LogP) is 0.843. The SMILES string of the molecule is COC(=O)C(C)NS(=O)(=O)c1cc(C)ccc1OC. The van der Waals surface area contributed by atoms with Gasteiger partial charge >= 0.3 is 5.97 Å². The van der Waals surface area contributed by atoms with Crippen molar-refractivity contribution in [2.45, 2.75) is 24.8 Å². The van der Waals surface area contributed by atoms with Crippen LogP contribution in [0.3, 0.4) is 0 Å². The van der Waals surface area contributed by atoms with E-state index >= 15 is 0 Å². The molecule has 0 aliphatic carbocycles. The number of carbonyl (C=O) groups is 1. The maximum absolute atomic E-state index is 12.2. The van der Waals surface area contributed by atoms with E-state index in [2.05, 4.69) is 9.46 Å². The maximum Gasteiger partial charge on any atom is 0.323 e. The molecule has 0 saturated carbocycles. The summed E-state index contributed by atoms with van der Waals surface area (Å²) in [4.78, 5) is 11.3. The summed E-state index contributed by atoms with van der Waals surface area (Å²) in [6.07, 6.45) is 0. The van der Waals surface area contributed by atoms with Crippen molar-refractivity contribution in [1.29, 1.82) is 0 Å². The number of benzene rings is 1. The van der Waals surface area contributed by atoms with Crippen LogP contribution in [0.5, 0.6) is 5.75 Å². The molecule has 1 rings (SSSR count). The third kappa shape index (κ3) is 3.68. The Hall–Kier alpha value is -1.60. The van der Waals surface area contributed by atoms with Gasteiger partial charge in [-0.15, -0.1) is 0 Å². The van der Waals surface area contributed by atoms with E-state index in [-0.39, 0.29) is 10.6 Å². The highest BCUT2D eigenvalue weighted by molar-refractivity contribution is 7.89. The van der Waals surface area contributed by atoms with E-state index in [1.54, 1.807) is 19.1 Å². The van der Waals surface area contributed by atoms with Gasteiger partial charge in [-0.25, -0.2) is 8.42 Å². The van der Waals surface area contributed by atoms with E-state index in [0.29, 0.717) is 0 Å². The first-order valence-corrected chi connectivity index (χ1v) is 7.05. The van der Waals surface area contributed by atoms with Gasteiger partial charge in [0.1, 0.15) is 16.7 Å². The zero-order chi connectivity index (χ0) is 14.6. The average Bonchev–Trinajstić information content (AvgIpc) is 2.37. The molecule has 0 heterocycles. The third-order valence-electron chi connectivity index (χ3n) is 2.50. The fourth-order valence-corrected chi connectivity index (χ4v) is 2.96. The molecule has 1 N–H and O–H groups in total. The number of hydrogen-bond donors (Lipinski definition) is 1. The van der Waals surface area contributed by atoms with Crippen LogP contribution >= 0.6 is 0 Å². The van der Waals surface area contributed by atoms with Gasteiger partial charge in [0.25, 0.3) is 0 Å². The lowest BCUT2D eigenvalue weighted by Gasteiger charge is -2.14. The Bertz CT molecular complexity index is 567. The minimum absolute atomic E-state index is 0.00856. The van der Waals surface area contributed by atoms with Gasteiger partial charge in [0, 0.05) is 0 Å². The quantitative estimate of drug-likeness (QED) is 0.812. The summed E-state index contributed by atoms with van der Waals surface area (Å²) in [7, 11) is -1.28. The molecule has 1 aromatic carbocycles. The molecule has 0 fully saturated rings. The molecule has 106 valence electrons. The standard InChI is InChI=1S/C12H17NO5S/c1-8-5-6-10(17-3)11(7-8)19(15,16)13-9(2)12(14)18-4/h5-7,9,13H,1-4H3. The van der Waals surface area contributed by atoms with Gasteiger partial charge in [-0.05, 0) is 31.5 Å². The summed E-state index contributed by atoms with van der Waals surface area (Å²) >= 11 is 0. The first kappa shape index (κ1) is 15.5. The van der Waals surface area contributed by atoms with E-state index in [1.165, 1.54) is 27.2 Å². The van der Waals surface area contributed by atoms with Crippen molar-refractivity contribution in [3.8, 4) is 5.75 Å². The number of methoxy groups -OCH3 is 2. The van der Waals surface area contributed by atoms with Crippen molar-refractivity contribution in [3.63, 3.8) is 0 Å². The van der Waals surface area contributed by atoms with Gasteiger partial charge in [0.05, 0.1) is 14.2 Å². The van der Waals surface area contributed by atoms with Gasteiger partial charge in [-0.2, -0.15) is 4.72 Å².